The van der Waals surface area contributed by atoms with Crippen LogP contribution in [0.1, 0.15) is 32.1 Å². The summed E-state index contributed by atoms with van der Waals surface area (Å²) >= 11 is 0. The fraction of sp³-hybridized carbons (Fsp3) is 0.556. The second-order valence-corrected chi connectivity index (χ2v) is 6.47. The molecule has 0 bridgehead atoms. The number of carbonyl (C=O) groups excluding carboxylic acids is 1. The summed E-state index contributed by atoms with van der Waals surface area (Å²) < 4.78 is 12.1. The molecule has 1 amide bonds. The molecule has 3 heterocycles. The van der Waals surface area contributed by atoms with Crippen molar-refractivity contribution in [3.05, 3.63) is 36.2 Å². The molecule has 2 saturated heterocycles. The average Bonchev–Trinajstić information content (AvgIpc) is 3.24. The average molecular weight is 314 g/mol. The van der Waals surface area contributed by atoms with Crippen LogP contribution in [0.2, 0.25) is 0 Å². The highest BCUT2D eigenvalue weighted by atomic mass is 16.5. The molecular formula is C18H22N2O3. The van der Waals surface area contributed by atoms with Crippen molar-refractivity contribution in [3.8, 4) is 5.75 Å². The van der Waals surface area contributed by atoms with Gasteiger partial charge in [-0.2, -0.15) is 0 Å². The molecule has 5 heteroatoms. The number of pyridine rings is 1. The van der Waals surface area contributed by atoms with Crippen molar-refractivity contribution in [2.75, 3.05) is 13.2 Å². The summed E-state index contributed by atoms with van der Waals surface area (Å²) in [7, 11) is 0. The molecule has 0 saturated carbocycles. The van der Waals surface area contributed by atoms with Gasteiger partial charge >= 0.3 is 0 Å². The second-order valence-electron chi connectivity index (χ2n) is 6.47. The largest absolute Gasteiger partial charge is 0.484 e. The van der Waals surface area contributed by atoms with E-state index in [4.69, 9.17) is 9.47 Å². The molecule has 0 radical (unpaired) electrons. The zero-order valence-electron chi connectivity index (χ0n) is 13.2. The monoisotopic (exact) mass is 314 g/mol. The van der Waals surface area contributed by atoms with Gasteiger partial charge < -0.3 is 14.4 Å². The Labute approximate surface area is 136 Å². The van der Waals surface area contributed by atoms with Crippen LogP contribution in [-0.4, -0.2) is 47.2 Å². The van der Waals surface area contributed by atoms with Crippen molar-refractivity contribution in [1.82, 2.24) is 9.88 Å². The van der Waals surface area contributed by atoms with Crippen molar-refractivity contribution < 1.29 is 14.3 Å². The van der Waals surface area contributed by atoms with Crippen LogP contribution < -0.4 is 4.74 Å². The summed E-state index contributed by atoms with van der Waals surface area (Å²) in [5.74, 6) is 0.917. The van der Waals surface area contributed by atoms with Crippen molar-refractivity contribution in [1.29, 1.82) is 0 Å². The van der Waals surface area contributed by atoms with Crippen molar-refractivity contribution in [2.24, 2.45) is 0 Å². The number of nitrogens with zero attached hydrogens (tertiary/aromatic N) is 2. The van der Waals surface area contributed by atoms with E-state index >= 15 is 0 Å². The zero-order chi connectivity index (χ0) is 15.6. The van der Waals surface area contributed by atoms with Crippen molar-refractivity contribution in [3.63, 3.8) is 0 Å². The smallest absolute Gasteiger partial charge is 0.249 e. The van der Waals surface area contributed by atoms with Crippen LogP contribution in [0.5, 0.6) is 5.75 Å². The number of hydrogen-bond donors (Lipinski definition) is 0. The molecule has 0 N–H and O–H groups in total. The van der Waals surface area contributed by atoms with Crippen LogP contribution in [0.3, 0.4) is 0 Å². The third-order valence-corrected chi connectivity index (χ3v) is 4.98. The van der Waals surface area contributed by atoms with Gasteiger partial charge in [-0.1, -0.05) is 6.08 Å². The van der Waals surface area contributed by atoms with Gasteiger partial charge in [-0.05, 0) is 44.2 Å². The van der Waals surface area contributed by atoms with Gasteiger partial charge in [0, 0.05) is 18.4 Å². The fourth-order valence-electron chi connectivity index (χ4n) is 3.89. The molecule has 0 aromatic carbocycles. The lowest BCUT2D eigenvalue weighted by Crippen LogP contribution is -2.44. The molecule has 5 nitrogen and oxygen atoms in total. The molecule has 122 valence electrons. The zero-order valence-corrected chi connectivity index (χ0v) is 13.2. The molecule has 2 fully saturated rings. The molecule has 3 atom stereocenters. The molecule has 1 aromatic heterocycles. The SMILES string of the molecule is O=C(C1=CCCC1)N1C[C@@H](Oc2cccnc2)[C@@H]2OCCC[C@@H]21. The van der Waals surface area contributed by atoms with Gasteiger partial charge in [0.15, 0.2) is 0 Å². The predicted molar refractivity (Wildman–Crippen MR) is 85.1 cm³/mol. The lowest BCUT2D eigenvalue weighted by Gasteiger charge is -2.32. The minimum atomic E-state index is -0.115. The topological polar surface area (TPSA) is 51.7 Å². The third kappa shape index (κ3) is 2.85. The molecule has 1 aromatic rings. The summed E-state index contributed by atoms with van der Waals surface area (Å²) in [6.45, 7) is 1.35. The van der Waals surface area contributed by atoms with Crippen LogP contribution >= 0.6 is 0 Å². The summed E-state index contributed by atoms with van der Waals surface area (Å²) in [5, 5.41) is 0. The first kappa shape index (κ1) is 14.7. The molecular weight excluding hydrogens is 292 g/mol. The first-order chi connectivity index (χ1) is 11.3. The Kier molecular flexibility index (Phi) is 4.04. The van der Waals surface area contributed by atoms with E-state index in [0.717, 1.165) is 50.0 Å². The van der Waals surface area contributed by atoms with Crippen LogP contribution in [0.15, 0.2) is 36.2 Å². The highest BCUT2D eigenvalue weighted by Gasteiger charge is 2.47. The van der Waals surface area contributed by atoms with Crippen molar-refractivity contribution in [2.45, 2.75) is 50.4 Å². The molecule has 23 heavy (non-hydrogen) atoms. The van der Waals surface area contributed by atoms with Gasteiger partial charge in [0.1, 0.15) is 18.0 Å². The number of hydrogen-bond acceptors (Lipinski definition) is 4. The number of carbonyl (C=O) groups is 1. The number of likely N-dealkylation sites (tertiary alicyclic amines) is 1. The quantitative estimate of drug-likeness (QED) is 0.859. The first-order valence-corrected chi connectivity index (χ1v) is 8.51. The molecule has 0 spiro atoms. The Morgan fingerprint density at radius 2 is 2.35 bits per heavy atom. The van der Waals surface area contributed by atoms with E-state index in [0.29, 0.717) is 6.54 Å². The minimum absolute atomic E-state index is 0.0325. The van der Waals surface area contributed by atoms with Gasteiger partial charge in [-0.3, -0.25) is 9.78 Å². The van der Waals surface area contributed by atoms with E-state index in [9.17, 15) is 4.79 Å². The maximum atomic E-state index is 12.8. The summed E-state index contributed by atoms with van der Waals surface area (Å²) in [5.41, 5.74) is 0.969. The molecule has 3 aliphatic rings. The van der Waals surface area contributed by atoms with Crippen LogP contribution in [0.25, 0.3) is 0 Å². The molecule has 2 aliphatic heterocycles. The minimum Gasteiger partial charge on any atom is -0.484 e. The van der Waals surface area contributed by atoms with Gasteiger partial charge in [0.25, 0.3) is 0 Å². The van der Waals surface area contributed by atoms with Crippen LogP contribution in [0.4, 0.5) is 0 Å². The summed E-state index contributed by atoms with van der Waals surface area (Å²) in [6.07, 6.45) is 10.4. The van der Waals surface area contributed by atoms with E-state index in [1.807, 2.05) is 17.0 Å². The number of aromatic nitrogens is 1. The van der Waals surface area contributed by atoms with Crippen LogP contribution in [-0.2, 0) is 9.53 Å². The van der Waals surface area contributed by atoms with Gasteiger partial charge in [-0.15, -0.1) is 0 Å². The third-order valence-electron chi connectivity index (χ3n) is 4.98. The lowest BCUT2D eigenvalue weighted by molar-refractivity contribution is -0.130. The Hall–Kier alpha value is -1.88. The predicted octanol–water partition coefficient (Wildman–Crippen LogP) is 2.33. The molecule has 1 aliphatic carbocycles. The van der Waals surface area contributed by atoms with Crippen molar-refractivity contribution >= 4 is 5.91 Å². The Balaban J connectivity index is 1.53. The van der Waals surface area contributed by atoms with Gasteiger partial charge in [-0.25, -0.2) is 0 Å². The second kappa shape index (κ2) is 6.32. The summed E-state index contributed by atoms with van der Waals surface area (Å²) in [4.78, 5) is 18.9. The van der Waals surface area contributed by atoms with E-state index in [-0.39, 0.29) is 24.2 Å². The number of allylic oxidation sites excluding steroid dienone is 1. The fourth-order valence-corrected chi connectivity index (χ4v) is 3.89. The molecule has 0 unspecified atom stereocenters. The Bertz CT molecular complexity index is 602. The maximum absolute atomic E-state index is 12.8. The Morgan fingerprint density at radius 1 is 1.39 bits per heavy atom. The lowest BCUT2D eigenvalue weighted by atomic mass is 10.0. The number of fused-ring (bicyclic) bond motifs is 1. The van der Waals surface area contributed by atoms with E-state index < -0.39 is 0 Å². The van der Waals surface area contributed by atoms with Gasteiger partial charge in [0.05, 0.1) is 18.8 Å². The van der Waals surface area contributed by atoms with E-state index in [1.165, 1.54) is 0 Å². The van der Waals surface area contributed by atoms with Crippen LogP contribution in [0, 0.1) is 0 Å². The number of rotatable bonds is 3. The molecule has 4 rings (SSSR count). The number of ether oxygens (including phenoxy) is 2. The standard InChI is InChI=1S/C18H22N2O3/c21-18(13-5-1-2-6-13)20-12-16(17-15(20)8-4-10-22-17)23-14-7-3-9-19-11-14/h3,5,7,9,11,15-17H,1-2,4,6,8,10,12H2/t15-,16+,17+/m0/s1. The first-order valence-electron chi connectivity index (χ1n) is 8.51. The maximum Gasteiger partial charge on any atom is 0.249 e. The normalized spacial score (nSPS) is 30.0. The van der Waals surface area contributed by atoms with E-state index in [2.05, 4.69) is 11.1 Å². The van der Waals surface area contributed by atoms with E-state index in [1.54, 1.807) is 12.4 Å². The summed E-state index contributed by atoms with van der Waals surface area (Å²) in [6, 6.07) is 3.89. The van der Waals surface area contributed by atoms with Gasteiger partial charge in [0.2, 0.25) is 5.91 Å². The Morgan fingerprint density at radius 3 is 3.13 bits per heavy atom. The highest BCUT2D eigenvalue weighted by molar-refractivity contribution is 5.94. The number of amides is 1. The highest BCUT2D eigenvalue weighted by Crippen LogP contribution is 2.33.